The van der Waals surface area contributed by atoms with E-state index in [0.717, 1.165) is 16.5 Å². The van der Waals surface area contributed by atoms with Gasteiger partial charge in [-0.2, -0.15) is 0 Å². The highest BCUT2D eigenvalue weighted by molar-refractivity contribution is 5.90. The van der Waals surface area contributed by atoms with Crippen molar-refractivity contribution in [1.82, 2.24) is 15.6 Å². The van der Waals surface area contributed by atoms with Gasteiger partial charge in [-0.1, -0.05) is 44.2 Å². The summed E-state index contributed by atoms with van der Waals surface area (Å²) in [7, 11) is 1.82. The van der Waals surface area contributed by atoms with Crippen LogP contribution in [-0.4, -0.2) is 43.0 Å². The molecule has 3 aromatic rings. The normalized spacial score (nSPS) is 12.0. The molecule has 0 aliphatic rings. The lowest BCUT2D eigenvalue weighted by atomic mass is 10.0. The maximum absolute atomic E-state index is 13.9. The van der Waals surface area contributed by atoms with Gasteiger partial charge in [0.25, 0.3) is 0 Å². The average molecular weight is 439 g/mol. The number of halogens is 1. The molecule has 6 nitrogen and oxygen atoms in total. The number of H-pyrrole nitrogens is 1. The van der Waals surface area contributed by atoms with Gasteiger partial charge >= 0.3 is 0 Å². The first-order chi connectivity index (χ1) is 15.4. The molecule has 3 N–H and O–H groups in total. The van der Waals surface area contributed by atoms with Crippen molar-refractivity contribution in [3.63, 3.8) is 0 Å². The van der Waals surface area contributed by atoms with Crippen LogP contribution in [0.4, 0.5) is 10.1 Å². The van der Waals surface area contributed by atoms with Crippen LogP contribution >= 0.6 is 0 Å². The van der Waals surface area contributed by atoms with Crippen molar-refractivity contribution < 1.29 is 14.0 Å². The highest BCUT2D eigenvalue weighted by atomic mass is 19.1. The average Bonchev–Trinajstić information content (AvgIpc) is 3.19. The van der Waals surface area contributed by atoms with E-state index in [4.69, 9.17) is 0 Å². The van der Waals surface area contributed by atoms with Crippen molar-refractivity contribution in [1.29, 1.82) is 0 Å². The monoisotopic (exact) mass is 438 g/mol. The summed E-state index contributed by atoms with van der Waals surface area (Å²) < 4.78 is 13.9. The van der Waals surface area contributed by atoms with Crippen LogP contribution in [0.3, 0.4) is 0 Å². The van der Waals surface area contributed by atoms with Crippen LogP contribution in [0.5, 0.6) is 0 Å². The molecule has 0 radical (unpaired) electrons. The Bertz CT molecular complexity index is 1060. The maximum atomic E-state index is 13.9. The minimum Gasteiger partial charge on any atom is -0.372 e. The molecule has 0 fully saturated rings. The number of rotatable bonds is 10. The second-order valence-corrected chi connectivity index (χ2v) is 8.30. The number of aromatic nitrogens is 1. The van der Waals surface area contributed by atoms with Crippen LogP contribution in [0.2, 0.25) is 0 Å². The molecular formula is C25H31FN4O2. The molecule has 0 aliphatic heterocycles. The molecule has 1 aromatic heterocycles. The zero-order chi connectivity index (χ0) is 23.1. The van der Waals surface area contributed by atoms with Crippen LogP contribution < -0.4 is 15.5 Å². The molecule has 0 spiro atoms. The predicted octanol–water partition coefficient (Wildman–Crippen LogP) is 3.63. The van der Waals surface area contributed by atoms with E-state index in [9.17, 15) is 14.0 Å². The smallest absolute Gasteiger partial charge is 0.242 e. The van der Waals surface area contributed by atoms with Crippen LogP contribution in [0.25, 0.3) is 10.9 Å². The number of amides is 2. The fourth-order valence-corrected chi connectivity index (χ4v) is 3.60. The number of anilines is 1. The van der Waals surface area contributed by atoms with Gasteiger partial charge in [0.15, 0.2) is 0 Å². The van der Waals surface area contributed by atoms with Crippen LogP contribution in [0.15, 0.2) is 54.7 Å². The van der Waals surface area contributed by atoms with Crippen molar-refractivity contribution in [2.75, 3.05) is 25.0 Å². The first-order valence-electron chi connectivity index (χ1n) is 11.0. The molecule has 32 heavy (non-hydrogen) atoms. The quantitative estimate of drug-likeness (QED) is 0.423. The molecule has 170 valence electrons. The van der Waals surface area contributed by atoms with Crippen LogP contribution in [-0.2, 0) is 16.0 Å². The summed E-state index contributed by atoms with van der Waals surface area (Å²) in [6.45, 7) is 4.62. The molecule has 0 bridgehead atoms. The summed E-state index contributed by atoms with van der Waals surface area (Å²) >= 11 is 0. The summed E-state index contributed by atoms with van der Waals surface area (Å²) in [6.07, 6.45) is 2.92. The summed E-state index contributed by atoms with van der Waals surface area (Å²) in [6, 6.07) is 13.8. The standard InChI is InChI=1S/C25H31FN4O2/c1-17(2)24(31)29-22(15-18-16-28-21-11-6-4-9-19(18)21)25(32)27-13-8-14-30(3)23-12-7-5-10-20(23)26/h4-7,9-12,16-17,22,28H,8,13-15H2,1-3H3,(H,27,32)(H,29,31). The SMILES string of the molecule is CC(C)C(=O)NC(Cc1c[nH]c2ccccc12)C(=O)NCCCN(C)c1ccccc1F. The van der Waals surface area contributed by atoms with Crippen molar-refractivity contribution in [2.24, 2.45) is 5.92 Å². The van der Waals surface area contributed by atoms with E-state index in [0.29, 0.717) is 31.6 Å². The Balaban J connectivity index is 1.59. The number of carbonyl (C=O) groups is 2. The summed E-state index contributed by atoms with van der Waals surface area (Å²) in [5, 5.41) is 6.84. The van der Waals surface area contributed by atoms with Gasteiger partial charge in [-0.15, -0.1) is 0 Å². The zero-order valence-corrected chi connectivity index (χ0v) is 18.8. The van der Waals surface area contributed by atoms with Crippen LogP contribution in [0, 0.1) is 11.7 Å². The zero-order valence-electron chi connectivity index (χ0n) is 18.8. The highest BCUT2D eigenvalue weighted by Gasteiger charge is 2.23. The second-order valence-electron chi connectivity index (χ2n) is 8.30. The Kier molecular flexibility index (Phi) is 7.87. The first kappa shape index (κ1) is 23.3. The molecule has 1 unspecified atom stereocenters. The van der Waals surface area contributed by atoms with Gasteiger partial charge in [0, 0.05) is 49.6 Å². The van der Waals surface area contributed by atoms with Gasteiger partial charge in [-0.25, -0.2) is 4.39 Å². The van der Waals surface area contributed by atoms with E-state index in [1.165, 1.54) is 6.07 Å². The minimum atomic E-state index is -0.673. The third-order valence-electron chi connectivity index (χ3n) is 5.49. The Morgan fingerprint density at radius 2 is 1.78 bits per heavy atom. The molecular weight excluding hydrogens is 407 g/mol. The minimum absolute atomic E-state index is 0.163. The number of aromatic amines is 1. The van der Waals surface area contributed by atoms with Gasteiger partial charge in [-0.3, -0.25) is 9.59 Å². The van der Waals surface area contributed by atoms with Gasteiger partial charge in [0.2, 0.25) is 11.8 Å². The highest BCUT2D eigenvalue weighted by Crippen LogP contribution is 2.19. The van der Waals surface area contributed by atoms with Crippen molar-refractivity contribution in [2.45, 2.75) is 32.7 Å². The van der Waals surface area contributed by atoms with Crippen LogP contribution in [0.1, 0.15) is 25.8 Å². The van der Waals surface area contributed by atoms with E-state index >= 15 is 0 Å². The molecule has 0 saturated carbocycles. The van der Waals surface area contributed by atoms with E-state index < -0.39 is 6.04 Å². The molecule has 0 saturated heterocycles. The molecule has 1 atom stereocenters. The number of carbonyl (C=O) groups excluding carboxylic acids is 2. The molecule has 3 rings (SSSR count). The van der Waals surface area contributed by atoms with E-state index in [-0.39, 0.29) is 23.5 Å². The molecule has 2 amide bonds. The summed E-state index contributed by atoms with van der Waals surface area (Å²) in [5.74, 6) is -0.876. The van der Waals surface area contributed by atoms with E-state index in [1.54, 1.807) is 32.0 Å². The summed E-state index contributed by atoms with van der Waals surface area (Å²) in [5.41, 5.74) is 2.50. The van der Waals surface area contributed by atoms with Gasteiger partial charge in [0.05, 0.1) is 5.69 Å². The summed E-state index contributed by atoms with van der Waals surface area (Å²) in [4.78, 5) is 30.3. The number of hydrogen-bond acceptors (Lipinski definition) is 3. The second kappa shape index (κ2) is 10.8. The third kappa shape index (κ3) is 5.87. The molecule has 7 heteroatoms. The Labute approximate surface area is 188 Å². The largest absolute Gasteiger partial charge is 0.372 e. The topological polar surface area (TPSA) is 77.2 Å². The Hall–Kier alpha value is -3.35. The van der Waals surface area contributed by atoms with E-state index in [1.807, 2.05) is 42.4 Å². The lowest BCUT2D eigenvalue weighted by Crippen LogP contribution is -2.49. The van der Waals surface area contributed by atoms with Crippen molar-refractivity contribution in [3.8, 4) is 0 Å². The van der Waals surface area contributed by atoms with E-state index in [2.05, 4.69) is 15.6 Å². The molecule has 1 heterocycles. The lowest BCUT2D eigenvalue weighted by Gasteiger charge is -2.21. The Morgan fingerprint density at radius 3 is 2.53 bits per heavy atom. The molecule has 2 aromatic carbocycles. The fraction of sp³-hybridized carbons (Fsp3) is 0.360. The van der Waals surface area contributed by atoms with Gasteiger partial charge in [0.1, 0.15) is 11.9 Å². The van der Waals surface area contributed by atoms with Gasteiger partial charge < -0.3 is 20.5 Å². The number of nitrogens with one attached hydrogen (secondary N) is 3. The number of hydrogen-bond donors (Lipinski definition) is 3. The maximum Gasteiger partial charge on any atom is 0.242 e. The van der Waals surface area contributed by atoms with Crippen molar-refractivity contribution in [3.05, 3.63) is 66.1 Å². The fourth-order valence-electron chi connectivity index (χ4n) is 3.60. The van der Waals surface area contributed by atoms with Gasteiger partial charge in [-0.05, 0) is 30.2 Å². The predicted molar refractivity (Wildman–Crippen MR) is 126 cm³/mol. The first-order valence-corrected chi connectivity index (χ1v) is 11.0. The number of nitrogens with zero attached hydrogens (tertiary/aromatic N) is 1. The molecule has 0 aliphatic carbocycles. The number of para-hydroxylation sites is 2. The number of fused-ring (bicyclic) bond motifs is 1. The lowest BCUT2D eigenvalue weighted by molar-refractivity contribution is -0.130. The van der Waals surface area contributed by atoms with Crippen molar-refractivity contribution >= 4 is 28.4 Å². The third-order valence-corrected chi connectivity index (χ3v) is 5.49. The Morgan fingerprint density at radius 1 is 1.06 bits per heavy atom. The number of benzene rings is 2.